The number of alkyl halides is 3. The average molecular weight is 235 g/mol. The van der Waals surface area contributed by atoms with E-state index in [0.717, 1.165) is 18.3 Å². The van der Waals surface area contributed by atoms with Crippen molar-refractivity contribution in [2.75, 3.05) is 0 Å². The van der Waals surface area contributed by atoms with E-state index in [9.17, 15) is 23.1 Å². The highest BCUT2D eigenvalue weighted by molar-refractivity contribution is 5.67. The van der Waals surface area contributed by atoms with Gasteiger partial charge in [0.1, 0.15) is 6.10 Å². The molecular weight excluding hydrogens is 227 g/mol. The highest BCUT2D eigenvalue weighted by Crippen LogP contribution is 2.33. The van der Waals surface area contributed by atoms with E-state index in [1.165, 1.54) is 0 Å². The normalized spacial score (nSPS) is 13.5. The van der Waals surface area contributed by atoms with Gasteiger partial charge in [0, 0.05) is 6.20 Å². The Morgan fingerprint density at radius 2 is 2.12 bits per heavy atom. The van der Waals surface area contributed by atoms with Crippen molar-refractivity contribution >= 4 is 5.97 Å². The Balaban J connectivity index is 3.08. The van der Waals surface area contributed by atoms with Crippen molar-refractivity contribution in [3.63, 3.8) is 0 Å². The molecule has 0 saturated heterocycles. The zero-order chi connectivity index (χ0) is 12.3. The number of carbonyl (C=O) groups is 1. The number of aliphatic carboxylic acids is 1. The number of aliphatic hydroxyl groups is 1. The SMILES string of the molecule is O=C(O)C[C@@H](O)c1ncccc1C(F)(F)F. The molecule has 0 aromatic carbocycles. The van der Waals surface area contributed by atoms with Crippen LogP contribution in [0.4, 0.5) is 13.2 Å². The number of halogens is 3. The summed E-state index contributed by atoms with van der Waals surface area (Å²) in [6.45, 7) is 0. The van der Waals surface area contributed by atoms with E-state index in [-0.39, 0.29) is 0 Å². The third-order valence-electron chi connectivity index (χ3n) is 1.83. The van der Waals surface area contributed by atoms with Gasteiger partial charge in [0.2, 0.25) is 0 Å². The van der Waals surface area contributed by atoms with Crippen molar-refractivity contribution in [1.29, 1.82) is 0 Å². The fourth-order valence-corrected chi connectivity index (χ4v) is 1.18. The number of aliphatic hydroxyl groups excluding tert-OH is 1. The summed E-state index contributed by atoms with van der Waals surface area (Å²) in [5.41, 5.74) is -1.79. The van der Waals surface area contributed by atoms with Crippen LogP contribution in [0.2, 0.25) is 0 Å². The number of carboxylic acid groups (broad SMARTS) is 1. The van der Waals surface area contributed by atoms with E-state index in [2.05, 4.69) is 4.98 Å². The molecule has 1 aromatic heterocycles. The molecule has 1 atom stereocenters. The Morgan fingerprint density at radius 1 is 1.50 bits per heavy atom. The molecule has 0 spiro atoms. The summed E-state index contributed by atoms with van der Waals surface area (Å²) in [4.78, 5) is 13.6. The molecule has 0 aliphatic carbocycles. The standard InChI is InChI=1S/C9H8F3NO3/c10-9(11,12)5-2-1-3-13-8(5)6(14)4-7(15)16/h1-3,6,14H,4H2,(H,15,16)/t6-/m1/s1. The van der Waals surface area contributed by atoms with E-state index in [4.69, 9.17) is 5.11 Å². The molecule has 0 amide bonds. The van der Waals surface area contributed by atoms with Gasteiger partial charge in [0.25, 0.3) is 0 Å². The molecule has 0 aliphatic rings. The van der Waals surface area contributed by atoms with E-state index >= 15 is 0 Å². The second-order valence-electron chi connectivity index (χ2n) is 3.05. The topological polar surface area (TPSA) is 70.4 Å². The zero-order valence-electron chi connectivity index (χ0n) is 7.90. The van der Waals surface area contributed by atoms with Crippen LogP contribution in [0.1, 0.15) is 23.8 Å². The van der Waals surface area contributed by atoms with Gasteiger partial charge in [0.15, 0.2) is 0 Å². The largest absolute Gasteiger partial charge is 0.481 e. The van der Waals surface area contributed by atoms with Crippen molar-refractivity contribution in [3.05, 3.63) is 29.6 Å². The van der Waals surface area contributed by atoms with Gasteiger partial charge in [-0.1, -0.05) is 0 Å². The molecule has 0 radical (unpaired) electrons. The third-order valence-corrected chi connectivity index (χ3v) is 1.83. The molecule has 1 aromatic rings. The first kappa shape index (κ1) is 12.4. The molecule has 2 N–H and O–H groups in total. The summed E-state index contributed by atoms with van der Waals surface area (Å²) in [5.74, 6) is -1.40. The lowest BCUT2D eigenvalue weighted by Crippen LogP contribution is -2.15. The maximum atomic E-state index is 12.4. The Labute approximate surface area is 88.4 Å². The minimum Gasteiger partial charge on any atom is -0.481 e. The number of nitrogens with zero attached hydrogens (tertiary/aromatic N) is 1. The van der Waals surface area contributed by atoms with Crippen molar-refractivity contribution in [3.8, 4) is 0 Å². The quantitative estimate of drug-likeness (QED) is 0.834. The van der Waals surface area contributed by atoms with Crippen LogP contribution in [-0.4, -0.2) is 21.2 Å². The molecule has 0 fully saturated rings. The predicted octanol–water partition coefficient (Wildman–Crippen LogP) is 1.61. The molecule has 0 bridgehead atoms. The van der Waals surface area contributed by atoms with Gasteiger partial charge in [-0.2, -0.15) is 13.2 Å². The van der Waals surface area contributed by atoms with Gasteiger partial charge in [-0.3, -0.25) is 9.78 Å². The molecule has 4 nitrogen and oxygen atoms in total. The van der Waals surface area contributed by atoms with Crippen LogP contribution in [0.5, 0.6) is 0 Å². The maximum Gasteiger partial charge on any atom is 0.418 e. The monoisotopic (exact) mass is 235 g/mol. The first-order valence-electron chi connectivity index (χ1n) is 4.24. The number of hydrogen-bond donors (Lipinski definition) is 2. The minimum absolute atomic E-state index is 0.669. The Morgan fingerprint density at radius 3 is 2.62 bits per heavy atom. The molecular formula is C9H8F3NO3. The number of aromatic nitrogens is 1. The molecule has 16 heavy (non-hydrogen) atoms. The van der Waals surface area contributed by atoms with E-state index < -0.39 is 35.9 Å². The van der Waals surface area contributed by atoms with Crippen LogP contribution in [0.15, 0.2) is 18.3 Å². The molecule has 0 aliphatic heterocycles. The molecule has 1 heterocycles. The minimum atomic E-state index is -4.66. The van der Waals surface area contributed by atoms with Crippen molar-refractivity contribution in [2.24, 2.45) is 0 Å². The summed E-state index contributed by atoms with van der Waals surface area (Å²) in [6.07, 6.45) is -6.19. The first-order chi connectivity index (χ1) is 7.32. The number of rotatable bonds is 3. The summed E-state index contributed by atoms with van der Waals surface area (Å²) in [5, 5.41) is 17.7. The molecule has 0 unspecified atom stereocenters. The highest BCUT2D eigenvalue weighted by Gasteiger charge is 2.36. The Hall–Kier alpha value is -1.63. The highest BCUT2D eigenvalue weighted by atomic mass is 19.4. The van der Waals surface area contributed by atoms with E-state index in [1.54, 1.807) is 0 Å². The Kier molecular flexibility index (Phi) is 3.48. The smallest absolute Gasteiger partial charge is 0.418 e. The van der Waals surface area contributed by atoms with Crippen LogP contribution >= 0.6 is 0 Å². The number of pyridine rings is 1. The van der Waals surface area contributed by atoms with Crippen molar-refractivity contribution < 1.29 is 28.2 Å². The van der Waals surface area contributed by atoms with Crippen LogP contribution < -0.4 is 0 Å². The van der Waals surface area contributed by atoms with Crippen molar-refractivity contribution in [1.82, 2.24) is 4.98 Å². The van der Waals surface area contributed by atoms with Gasteiger partial charge < -0.3 is 10.2 Å². The predicted molar refractivity (Wildman–Crippen MR) is 46.5 cm³/mol. The summed E-state index contributed by atoms with van der Waals surface area (Å²) < 4.78 is 37.3. The second kappa shape index (κ2) is 4.48. The van der Waals surface area contributed by atoms with Crippen LogP contribution in [-0.2, 0) is 11.0 Å². The number of carboxylic acids is 1. The van der Waals surface area contributed by atoms with E-state index in [0.29, 0.717) is 0 Å². The lowest BCUT2D eigenvalue weighted by molar-refractivity contribution is -0.143. The van der Waals surface area contributed by atoms with Crippen LogP contribution in [0, 0.1) is 0 Å². The lowest BCUT2D eigenvalue weighted by atomic mass is 10.1. The van der Waals surface area contributed by atoms with Gasteiger partial charge in [-0.05, 0) is 12.1 Å². The fraction of sp³-hybridized carbons (Fsp3) is 0.333. The zero-order valence-corrected chi connectivity index (χ0v) is 7.90. The van der Waals surface area contributed by atoms with Gasteiger partial charge in [0.05, 0.1) is 17.7 Å². The first-order valence-corrected chi connectivity index (χ1v) is 4.24. The van der Waals surface area contributed by atoms with Gasteiger partial charge in [-0.15, -0.1) is 0 Å². The molecule has 7 heteroatoms. The summed E-state index contributed by atoms with van der Waals surface area (Å²) in [7, 11) is 0. The summed E-state index contributed by atoms with van der Waals surface area (Å²) in [6, 6.07) is 1.81. The number of hydrogen-bond acceptors (Lipinski definition) is 3. The summed E-state index contributed by atoms with van der Waals surface area (Å²) >= 11 is 0. The van der Waals surface area contributed by atoms with E-state index in [1.807, 2.05) is 0 Å². The molecule has 1 rings (SSSR count). The van der Waals surface area contributed by atoms with Gasteiger partial charge in [-0.25, -0.2) is 0 Å². The van der Waals surface area contributed by atoms with Crippen LogP contribution in [0.25, 0.3) is 0 Å². The van der Waals surface area contributed by atoms with Crippen LogP contribution in [0.3, 0.4) is 0 Å². The lowest BCUT2D eigenvalue weighted by Gasteiger charge is -2.14. The third kappa shape index (κ3) is 2.93. The molecule has 88 valence electrons. The molecule has 0 saturated carbocycles. The van der Waals surface area contributed by atoms with Crippen molar-refractivity contribution in [2.45, 2.75) is 18.7 Å². The fourth-order valence-electron chi connectivity index (χ4n) is 1.18. The maximum absolute atomic E-state index is 12.4. The average Bonchev–Trinajstić information content (AvgIpc) is 2.15. The Bertz CT molecular complexity index is 392. The second-order valence-corrected chi connectivity index (χ2v) is 3.05. The van der Waals surface area contributed by atoms with Gasteiger partial charge >= 0.3 is 12.1 Å².